The summed E-state index contributed by atoms with van der Waals surface area (Å²) >= 11 is 7.21. The van der Waals surface area contributed by atoms with E-state index in [2.05, 4.69) is 36.2 Å². The van der Waals surface area contributed by atoms with Gasteiger partial charge in [-0.2, -0.15) is 5.10 Å². The summed E-state index contributed by atoms with van der Waals surface area (Å²) in [5.41, 5.74) is -0.0905. The summed E-state index contributed by atoms with van der Waals surface area (Å²) in [5, 5.41) is 7.32. The van der Waals surface area contributed by atoms with Crippen LogP contribution in [-0.2, 0) is 10.3 Å². The molecule has 0 radical (unpaired) electrons. The molecule has 1 aromatic heterocycles. The third-order valence-electron chi connectivity index (χ3n) is 2.15. The molecule has 0 saturated heterocycles. The van der Waals surface area contributed by atoms with Crippen molar-refractivity contribution < 1.29 is 4.79 Å². The molecular weight excluding hydrogens is 272 g/mol. The molecule has 0 spiro atoms. The Balaban J connectivity index is 2.41. The zero-order valence-corrected chi connectivity index (χ0v) is 12.7. The lowest BCUT2D eigenvalue weighted by Crippen LogP contribution is -2.31. The second-order valence-electron chi connectivity index (χ2n) is 4.88. The molecule has 102 valence electrons. The van der Waals surface area contributed by atoms with E-state index in [1.165, 1.54) is 0 Å². The van der Waals surface area contributed by atoms with Crippen molar-refractivity contribution in [2.24, 2.45) is 0 Å². The Morgan fingerprint density at radius 2 is 2.28 bits per heavy atom. The zero-order valence-electron chi connectivity index (χ0n) is 11.1. The minimum atomic E-state index is -0.492. The summed E-state index contributed by atoms with van der Waals surface area (Å²) in [5.74, 6) is 0.596. The molecule has 5 nitrogen and oxygen atoms in total. The van der Waals surface area contributed by atoms with Crippen molar-refractivity contribution >= 4 is 29.3 Å². The van der Waals surface area contributed by atoms with Crippen LogP contribution in [0.4, 0.5) is 0 Å². The Morgan fingerprint density at radius 1 is 1.61 bits per heavy atom. The maximum absolute atomic E-state index is 11.2. The van der Waals surface area contributed by atoms with E-state index < -0.39 is 5.38 Å². The van der Waals surface area contributed by atoms with Gasteiger partial charge in [0.05, 0.1) is 5.54 Å². The molecule has 7 heteroatoms. The minimum absolute atomic E-state index is 0.0905. The molecule has 0 bridgehead atoms. The number of carbonyl (C=O) groups excluding carboxylic acids is 1. The van der Waals surface area contributed by atoms with E-state index in [-0.39, 0.29) is 11.4 Å². The third-order valence-corrected chi connectivity index (χ3v) is 3.29. The molecule has 0 aromatic carbocycles. The molecule has 1 amide bonds. The zero-order chi connectivity index (χ0) is 13.8. The fourth-order valence-electron chi connectivity index (χ4n) is 1.25. The Bertz CT molecular complexity index is 400. The molecule has 1 heterocycles. The van der Waals surface area contributed by atoms with Crippen LogP contribution in [0.5, 0.6) is 0 Å². The number of nitrogens with one attached hydrogen (secondary N) is 1. The van der Waals surface area contributed by atoms with Gasteiger partial charge < -0.3 is 5.32 Å². The van der Waals surface area contributed by atoms with E-state index in [0.717, 1.165) is 10.9 Å². The maximum atomic E-state index is 11.2. The molecule has 1 aromatic rings. The summed E-state index contributed by atoms with van der Waals surface area (Å²) in [7, 11) is 0. The fourth-order valence-corrected chi connectivity index (χ4v) is 2.28. The molecule has 0 saturated carbocycles. The van der Waals surface area contributed by atoms with Crippen LogP contribution >= 0.6 is 23.4 Å². The average molecular weight is 291 g/mol. The van der Waals surface area contributed by atoms with Crippen LogP contribution in [0.25, 0.3) is 0 Å². The highest BCUT2D eigenvalue weighted by Crippen LogP contribution is 2.21. The standard InChI is InChI=1S/C11H19ClN4OS/c1-8(12)9(17)13-5-6-18-10-14-7-15-16(10)11(2,3)4/h7-8H,5-6H2,1-4H3,(H,13,17). The van der Waals surface area contributed by atoms with Crippen molar-refractivity contribution in [2.45, 2.75) is 43.8 Å². The number of hydrogen-bond donors (Lipinski definition) is 1. The lowest BCUT2D eigenvalue weighted by molar-refractivity contribution is -0.120. The van der Waals surface area contributed by atoms with Gasteiger partial charge in [-0.3, -0.25) is 4.79 Å². The number of hydrogen-bond acceptors (Lipinski definition) is 4. The van der Waals surface area contributed by atoms with Gasteiger partial charge in [-0.1, -0.05) is 11.8 Å². The highest BCUT2D eigenvalue weighted by atomic mass is 35.5. The Kier molecular flexibility index (Phi) is 5.47. The molecule has 1 N–H and O–H groups in total. The summed E-state index contributed by atoms with van der Waals surface area (Å²) < 4.78 is 1.88. The highest BCUT2D eigenvalue weighted by Gasteiger charge is 2.18. The molecule has 0 aliphatic rings. The molecule has 18 heavy (non-hydrogen) atoms. The van der Waals surface area contributed by atoms with Crippen LogP contribution in [0.3, 0.4) is 0 Å². The van der Waals surface area contributed by atoms with Gasteiger partial charge in [-0.25, -0.2) is 9.67 Å². The van der Waals surface area contributed by atoms with Crippen molar-refractivity contribution in [3.05, 3.63) is 6.33 Å². The van der Waals surface area contributed by atoms with Crippen LogP contribution in [0.15, 0.2) is 11.5 Å². The van der Waals surface area contributed by atoms with E-state index in [1.54, 1.807) is 25.0 Å². The highest BCUT2D eigenvalue weighted by molar-refractivity contribution is 7.99. The number of amides is 1. The van der Waals surface area contributed by atoms with E-state index in [9.17, 15) is 4.79 Å². The summed E-state index contributed by atoms with van der Waals surface area (Å²) in [6.07, 6.45) is 1.55. The lowest BCUT2D eigenvalue weighted by atomic mass is 10.1. The predicted molar refractivity (Wildman–Crippen MR) is 74.1 cm³/mol. The first-order chi connectivity index (χ1) is 8.32. The molecule has 0 fully saturated rings. The van der Waals surface area contributed by atoms with E-state index in [4.69, 9.17) is 11.6 Å². The van der Waals surface area contributed by atoms with Crippen LogP contribution in [-0.4, -0.2) is 38.3 Å². The molecule has 1 atom stereocenters. The van der Waals surface area contributed by atoms with E-state index >= 15 is 0 Å². The van der Waals surface area contributed by atoms with E-state index in [0.29, 0.717) is 6.54 Å². The first-order valence-electron chi connectivity index (χ1n) is 5.77. The maximum Gasteiger partial charge on any atom is 0.237 e. The number of nitrogens with zero attached hydrogens (tertiary/aromatic N) is 3. The quantitative estimate of drug-likeness (QED) is 0.511. The SMILES string of the molecule is CC(Cl)C(=O)NCCSc1ncnn1C(C)(C)C. The monoisotopic (exact) mass is 290 g/mol. The third kappa shape index (κ3) is 4.49. The number of carbonyl (C=O) groups is 1. The number of rotatable bonds is 5. The van der Waals surface area contributed by atoms with Crippen LogP contribution in [0.1, 0.15) is 27.7 Å². The van der Waals surface area contributed by atoms with Crippen molar-refractivity contribution in [1.82, 2.24) is 20.1 Å². The van der Waals surface area contributed by atoms with Gasteiger partial charge in [0, 0.05) is 12.3 Å². The average Bonchev–Trinajstić information content (AvgIpc) is 2.71. The normalized spacial score (nSPS) is 13.4. The second-order valence-corrected chi connectivity index (χ2v) is 6.60. The number of alkyl halides is 1. The van der Waals surface area contributed by atoms with E-state index in [1.807, 2.05) is 4.68 Å². The van der Waals surface area contributed by atoms with Gasteiger partial charge in [0.25, 0.3) is 0 Å². The number of aromatic nitrogens is 3. The van der Waals surface area contributed by atoms with Gasteiger partial charge in [-0.15, -0.1) is 11.6 Å². The van der Waals surface area contributed by atoms with Gasteiger partial charge in [0.2, 0.25) is 5.91 Å². The van der Waals surface area contributed by atoms with Crippen molar-refractivity contribution in [3.8, 4) is 0 Å². The van der Waals surface area contributed by atoms with Crippen LogP contribution < -0.4 is 5.32 Å². The largest absolute Gasteiger partial charge is 0.354 e. The first-order valence-corrected chi connectivity index (χ1v) is 7.19. The summed E-state index contributed by atoms with van der Waals surface area (Å²) in [6.45, 7) is 8.44. The Morgan fingerprint density at radius 3 is 2.83 bits per heavy atom. The van der Waals surface area contributed by atoms with Crippen LogP contribution in [0.2, 0.25) is 0 Å². The second kappa shape index (κ2) is 6.43. The topological polar surface area (TPSA) is 59.8 Å². The minimum Gasteiger partial charge on any atom is -0.354 e. The van der Waals surface area contributed by atoms with Crippen LogP contribution in [0, 0.1) is 0 Å². The Labute approximate surface area is 117 Å². The molecule has 1 unspecified atom stereocenters. The van der Waals surface area contributed by atoms with Crippen molar-refractivity contribution in [3.63, 3.8) is 0 Å². The molecule has 0 aliphatic carbocycles. The summed E-state index contributed by atoms with van der Waals surface area (Å²) in [4.78, 5) is 15.5. The van der Waals surface area contributed by atoms with Crippen molar-refractivity contribution in [2.75, 3.05) is 12.3 Å². The van der Waals surface area contributed by atoms with Gasteiger partial charge in [0.15, 0.2) is 5.16 Å². The van der Waals surface area contributed by atoms with Gasteiger partial charge in [-0.05, 0) is 27.7 Å². The lowest BCUT2D eigenvalue weighted by Gasteiger charge is -2.20. The van der Waals surface area contributed by atoms with Gasteiger partial charge >= 0.3 is 0 Å². The summed E-state index contributed by atoms with van der Waals surface area (Å²) in [6, 6.07) is 0. The predicted octanol–water partition coefficient (Wildman–Crippen LogP) is 1.87. The number of thioether (sulfide) groups is 1. The fraction of sp³-hybridized carbons (Fsp3) is 0.727. The Hall–Kier alpha value is -0.750. The smallest absolute Gasteiger partial charge is 0.237 e. The van der Waals surface area contributed by atoms with Crippen molar-refractivity contribution in [1.29, 1.82) is 0 Å². The first kappa shape index (κ1) is 15.3. The van der Waals surface area contributed by atoms with Gasteiger partial charge in [0.1, 0.15) is 11.7 Å². The number of halogens is 1. The molecule has 0 aliphatic heterocycles. The molecule has 1 rings (SSSR count). The molecular formula is C11H19ClN4OS.